The van der Waals surface area contributed by atoms with Gasteiger partial charge in [0, 0.05) is 31.9 Å². The van der Waals surface area contributed by atoms with Crippen molar-refractivity contribution < 1.29 is 14.3 Å². The number of hydrogen-bond donors (Lipinski definition) is 2. The van der Waals surface area contributed by atoms with Crippen molar-refractivity contribution in [2.75, 3.05) is 50.0 Å². The summed E-state index contributed by atoms with van der Waals surface area (Å²) in [5, 5.41) is 6.19. The number of nitrogens with one attached hydrogen (secondary N) is 2. The topological polar surface area (TPSA) is 75.7 Å². The Balaban J connectivity index is 1.46. The summed E-state index contributed by atoms with van der Waals surface area (Å²) in [4.78, 5) is 19.0. The van der Waals surface area contributed by atoms with Crippen LogP contribution in [0, 0.1) is 0 Å². The summed E-state index contributed by atoms with van der Waals surface area (Å²) in [6, 6.07) is 10.9. The van der Waals surface area contributed by atoms with Crippen molar-refractivity contribution in [2.45, 2.75) is 20.0 Å². The Morgan fingerprint density at radius 1 is 1.14 bits per heavy atom. The lowest BCUT2D eigenvalue weighted by molar-refractivity contribution is 0.0398. The molecule has 2 heterocycles. The van der Waals surface area contributed by atoms with Crippen LogP contribution in [0.25, 0.3) is 0 Å². The number of carbonyl (C=O) groups excluding carboxylic acids is 1. The molecule has 1 amide bonds. The molecule has 150 valence electrons. The Bertz CT molecular complexity index is 741. The van der Waals surface area contributed by atoms with E-state index in [0.29, 0.717) is 11.4 Å². The quantitative estimate of drug-likeness (QED) is 0.729. The molecule has 1 aromatic carbocycles. The predicted octanol–water partition coefficient (Wildman–Crippen LogP) is 2.87. The molecule has 7 nitrogen and oxygen atoms in total. The molecule has 0 unspecified atom stereocenters. The fraction of sp³-hybridized carbons (Fsp3) is 0.429. The van der Waals surface area contributed by atoms with Gasteiger partial charge in [-0.15, -0.1) is 0 Å². The summed E-state index contributed by atoms with van der Waals surface area (Å²) in [6.07, 6.45) is 1.80. The molecule has 1 aliphatic heterocycles. The van der Waals surface area contributed by atoms with Gasteiger partial charge >= 0.3 is 0 Å². The second kappa shape index (κ2) is 10.1. The van der Waals surface area contributed by atoms with Gasteiger partial charge in [-0.25, -0.2) is 4.98 Å². The van der Waals surface area contributed by atoms with Gasteiger partial charge in [0.2, 0.25) is 0 Å². The number of rotatable bonds is 8. The first kappa shape index (κ1) is 20.1. The number of amides is 1. The number of aromatic nitrogens is 1. The van der Waals surface area contributed by atoms with Crippen LogP contribution in [-0.4, -0.2) is 61.3 Å². The minimum Gasteiger partial charge on any atom is -0.491 e. The molecule has 3 rings (SSSR count). The number of carbonyl (C=O) groups is 1. The van der Waals surface area contributed by atoms with Crippen molar-refractivity contribution in [3.8, 4) is 5.75 Å². The highest BCUT2D eigenvalue weighted by Crippen LogP contribution is 2.17. The minimum absolute atomic E-state index is 0.116. The molecule has 0 bridgehead atoms. The fourth-order valence-electron chi connectivity index (χ4n) is 2.90. The molecule has 1 saturated heterocycles. The van der Waals surface area contributed by atoms with E-state index in [1.807, 2.05) is 44.2 Å². The highest BCUT2D eigenvalue weighted by atomic mass is 16.5. The van der Waals surface area contributed by atoms with E-state index in [4.69, 9.17) is 9.47 Å². The first-order valence-electron chi connectivity index (χ1n) is 9.68. The van der Waals surface area contributed by atoms with Crippen molar-refractivity contribution in [3.05, 3.63) is 48.3 Å². The summed E-state index contributed by atoms with van der Waals surface area (Å²) in [7, 11) is 0. The van der Waals surface area contributed by atoms with Gasteiger partial charge in [-0.1, -0.05) is 0 Å². The van der Waals surface area contributed by atoms with Crippen molar-refractivity contribution in [1.29, 1.82) is 0 Å². The van der Waals surface area contributed by atoms with Gasteiger partial charge in [0.25, 0.3) is 5.91 Å². The predicted molar refractivity (Wildman–Crippen MR) is 110 cm³/mol. The standard InChI is InChI=1S/C21H28N4O3/c1-16(2)28-19-6-3-17(4-7-19)24-21(26)20-8-5-18(15-23-20)22-9-10-25-11-13-27-14-12-25/h3-8,15-16,22H,9-14H2,1-2H3,(H,24,26). The number of morpholine rings is 1. The molecule has 1 aliphatic rings. The molecule has 0 spiro atoms. The van der Waals surface area contributed by atoms with E-state index in [9.17, 15) is 4.79 Å². The van der Waals surface area contributed by atoms with Gasteiger partial charge in [-0.2, -0.15) is 0 Å². The van der Waals surface area contributed by atoms with Crippen LogP contribution in [0.2, 0.25) is 0 Å². The fourth-order valence-corrected chi connectivity index (χ4v) is 2.90. The Morgan fingerprint density at radius 3 is 2.50 bits per heavy atom. The van der Waals surface area contributed by atoms with Gasteiger partial charge < -0.3 is 20.1 Å². The normalized spacial score (nSPS) is 14.7. The smallest absolute Gasteiger partial charge is 0.274 e. The zero-order valence-corrected chi connectivity index (χ0v) is 16.5. The van der Waals surface area contributed by atoms with Crippen LogP contribution >= 0.6 is 0 Å². The third-order valence-corrected chi connectivity index (χ3v) is 4.34. The zero-order chi connectivity index (χ0) is 19.8. The van der Waals surface area contributed by atoms with E-state index >= 15 is 0 Å². The maximum Gasteiger partial charge on any atom is 0.274 e. The van der Waals surface area contributed by atoms with E-state index in [1.54, 1.807) is 12.3 Å². The molecular weight excluding hydrogens is 356 g/mol. The largest absolute Gasteiger partial charge is 0.491 e. The SMILES string of the molecule is CC(C)Oc1ccc(NC(=O)c2ccc(NCCN3CCOCC3)cn2)cc1. The van der Waals surface area contributed by atoms with E-state index in [1.165, 1.54) is 0 Å². The van der Waals surface area contributed by atoms with Gasteiger partial charge in [0.15, 0.2) is 0 Å². The van der Waals surface area contributed by atoms with Crippen molar-refractivity contribution in [2.24, 2.45) is 0 Å². The molecule has 1 aromatic heterocycles. The Morgan fingerprint density at radius 2 is 1.86 bits per heavy atom. The average Bonchev–Trinajstić information content (AvgIpc) is 2.70. The number of benzene rings is 1. The van der Waals surface area contributed by atoms with Crippen LogP contribution < -0.4 is 15.4 Å². The van der Waals surface area contributed by atoms with Crippen LogP contribution in [-0.2, 0) is 4.74 Å². The summed E-state index contributed by atoms with van der Waals surface area (Å²) in [5.74, 6) is 0.538. The van der Waals surface area contributed by atoms with Crippen molar-refractivity contribution in [1.82, 2.24) is 9.88 Å². The van der Waals surface area contributed by atoms with Crippen LogP contribution in [0.4, 0.5) is 11.4 Å². The maximum atomic E-state index is 12.4. The van der Waals surface area contributed by atoms with Crippen LogP contribution in [0.15, 0.2) is 42.6 Å². The lowest BCUT2D eigenvalue weighted by atomic mass is 10.2. The van der Waals surface area contributed by atoms with Crippen LogP contribution in [0.3, 0.4) is 0 Å². The van der Waals surface area contributed by atoms with Crippen LogP contribution in [0.1, 0.15) is 24.3 Å². The molecule has 0 atom stereocenters. The van der Waals surface area contributed by atoms with E-state index in [-0.39, 0.29) is 12.0 Å². The molecule has 7 heteroatoms. The number of ether oxygens (including phenoxy) is 2. The summed E-state index contributed by atoms with van der Waals surface area (Å²) >= 11 is 0. The van der Waals surface area contributed by atoms with E-state index in [2.05, 4.69) is 20.5 Å². The highest BCUT2D eigenvalue weighted by molar-refractivity contribution is 6.02. The van der Waals surface area contributed by atoms with E-state index < -0.39 is 0 Å². The molecule has 2 N–H and O–H groups in total. The molecular formula is C21H28N4O3. The third-order valence-electron chi connectivity index (χ3n) is 4.34. The first-order chi connectivity index (χ1) is 13.6. The minimum atomic E-state index is -0.239. The lowest BCUT2D eigenvalue weighted by Gasteiger charge is -2.26. The second-order valence-electron chi connectivity index (χ2n) is 6.96. The Kier molecular flexibility index (Phi) is 7.22. The Labute approximate surface area is 166 Å². The second-order valence-corrected chi connectivity index (χ2v) is 6.96. The van der Waals surface area contributed by atoms with Gasteiger partial charge in [0.05, 0.1) is 31.2 Å². The molecule has 0 radical (unpaired) electrons. The monoisotopic (exact) mass is 384 g/mol. The van der Waals surface area contributed by atoms with Gasteiger partial charge in [-0.3, -0.25) is 9.69 Å². The number of hydrogen-bond acceptors (Lipinski definition) is 6. The first-order valence-corrected chi connectivity index (χ1v) is 9.68. The summed E-state index contributed by atoms with van der Waals surface area (Å²) in [6.45, 7) is 9.30. The summed E-state index contributed by atoms with van der Waals surface area (Å²) < 4.78 is 10.9. The molecule has 0 aliphatic carbocycles. The lowest BCUT2D eigenvalue weighted by Crippen LogP contribution is -2.39. The molecule has 28 heavy (non-hydrogen) atoms. The molecule has 2 aromatic rings. The average molecular weight is 384 g/mol. The summed E-state index contributed by atoms with van der Waals surface area (Å²) in [5.41, 5.74) is 1.98. The van der Waals surface area contributed by atoms with Crippen LogP contribution in [0.5, 0.6) is 5.75 Å². The molecule has 0 saturated carbocycles. The number of anilines is 2. The third kappa shape index (κ3) is 6.21. The highest BCUT2D eigenvalue weighted by Gasteiger charge is 2.10. The zero-order valence-electron chi connectivity index (χ0n) is 16.5. The number of nitrogens with zero attached hydrogens (tertiary/aromatic N) is 2. The van der Waals surface area contributed by atoms with E-state index in [0.717, 1.165) is 50.8 Å². The van der Waals surface area contributed by atoms with Crippen molar-refractivity contribution >= 4 is 17.3 Å². The van der Waals surface area contributed by atoms with Crippen molar-refractivity contribution in [3.63, 3.8) is 0 Å². The maximum absolute atomic E-state index is 12.4. The number of pyridine rings is 1. The Hall–Kier alpha value is -2.64. The molecule has 1 fully saturated rings. The van der Waals surface area contributed by atoms with Gasteiger partial charge in [0.1, 0.15) is 11.4 Å². The van der Waals surface area contributed by atoms with Gasteiger partial charge in [-0.05, 0) is 50.2 Å².